The number of aromatic nitrogens is 2. The van der Waals surface area contributed by atoms with Crippen molar-refractivity contribution >= 4 is 0 Å². The molecule has 0 bridgehead atoms. The average molecular weight is 243 g/mol. The van der Waals surface area contributed by atoms with Crippen molar-refractivity contribution in [1.29, 1.82) is 0 Å². The van der Waals surface area contributed by atoms with Gasteiger partial charge in [-0.25, -0.2) is 0 Å². The Kier molecular flexibility index (Phi) is 3.82. The minimum Gasteiger partial charge on any atom is -0.319 e. The molecule has 0 saturated heterocycles. The van der Waals surface area contributed by atoms with Crippen LogP contribution in [0.5, 0.6) is 0 Å². The zero-order valence-corrected chi connectivity index (χ0v) is 11.6. The Morgan fingerprint density at radius 1 is 1.17 bits per heavy atom. The second-order valence-corrected chi connectivity index (χ2v) is 4.75. The van der Waals surface area contributed by atoms with E-state index in [0.29, 0.717) is 0 Å². The Bertz CT molecular complexity index is 523. The molecule has 96 valence electrons. The number of benzene rings is 1. The van der Waals surface area contributed by atoms with Crippen LogP contribution >= 0.6 is 0 Å². The number of hydrogen-bond acceptors (Lipinski definition) is 2. The number of nitrogens with zero attached hydrogens (tertiary/aromatic N) is 2. The van der Waals surface area contributed by atoms with Gasteiger partial charge in [0.15, 0.2) is 0 Å². The van der Waals surface area contributed by atoms with Gasteiger partial charge in [-0.1, -0.05) is 29.8 Å². The summed E-state index contributed by atoms with van der Waals surface area (Å²) in [7, 11) is 3.98. The van der Waals surface area contributed by atoms with Crippen LogP contribution in [0.1, 0.15) is 17.0 Å². The van der Waals surface area contributed by atoms with Crippen molar-refractivity contribution in [2.75, 3.05) is 13.6 Å². The first-order valence-corrected chi connectivity index (χ1v) is 6.37. The van der Waals surface area contributed by atoms with Gasteiger partial charge in [-0.3, -0.25) is 4.68 Å². The number of hydrogen-bond donors (Lipinski definition) is 1. The van der Waals surface area contributed by atoms with Gasteiger partial charge in [-0.15, -0.1) is 0 Å². The highest BCUT2D eigenvalue weighted by Gasteiger charge is 2.14. The topological polar surface area (TPSA) is 29.9 Å². The summed E-state index contributed by atoms with van der Waals surface area (Å²) in [5.74, 6) is 0. The standard InChI is InChI=1S/C15H21N3/c1-11-5-7-13(8-6-11)15-12(2)18(4)17-14(15)9-10-16-3/h5-8,16H,9-10H2,1-4H3. The molecule has 1 heterocycles. The van der Waals surface area contributed by atoms with E-state index in [1.165, 1.54) is 28.1 Å². The Morgan fingerprint density at radius 2 is 1.83 bits per heavy atom. The first kappa shape index (κ1) is 12.8. The lowest BCUT2D eigenvalue weighted by atomic mass is 10.0. The molecule has 18 heavy (non-hydrogen) atoms. The molecule has 1 N–H and O–H groups in total. The third kappa shape index (κ3) is 2.46. The van der Waals surface area contributed by atoms with E-state index in [9.17, 15) is 0 Å². The van der Waals surface area contributed by atoms with Gasteiger partial charge in [-0.2, -0.15) is 5.10 Å². The molecule has 2 rings (SSSR count). The molecule has 0 aliphatic rings. The molecule has 1 aromatic heterocycles. The molecule has 0 atom stereocenters. The number of nitrogens with one attached hydrogen (secondary N) is 1. The quantitative estimate of drug-likeness (QED) is 0.894. The first-order chi connectivity index (χ1) is 8.63. The van der Waals surface area contributed by atoms with Crippen molar-refractivity contribution in [2.24, 2.45) is 7.05 Å². The lowest BCUT2D eigenvalue weighted by Gasteiger charge is -2.05. The van der Waals surface area contributed by atoms with E-state index in [-0.39, 0.29) is 0 Å². The maximum Gasteiger partial charge on any atom is 0.0718 e. The molecule has 3 nitrogen and oxygen atoms in total. The average Bonchev–Trinajstić information content (AvgIpc) is 2.64. The first-order valence-electron chi connectivity index (χ1n) is 6.37. The van der Waals surface area contributed by atoms with E-state index in [0.717, 1.165) is 13.0 Å². The van der Waals surface area contributed by atoms with E-state index in [4.69, 9.17) is 0 Å². The summed E-state index contributed by atoms with van der Waals surface area (Å²) in [5, 5.41) is 7.81. The van der Waals surface area contributed by atoms with Crippen molar-refractivity contribution in [3.63, 3.8) is 0 Å². The van der Waals surface area contributed by atoms with Crippen LogP contribution in [0.15, 0.2) is 24.3 Å². The lowest BCUT2D eigenvalue weighted by Crippen LogP contribution is -2.11. The predicted molar refractivity (Wildman–Crippen MR) is 75.7 cm³/mol. The van der Waals surface area contributed by atoms with Crippen LogP contribution in [0.4, 0.5) is 0 Å². The highest BCUT2D eigenvalue weighted by molar-refractivity contribution is 5.69. The molecular formula is C15H21N3. The Hall–Kier alpha value is -1.61. The largest absolute Gasteiger partial charge is 0.319 e. The van der Waals surface area contributed by atoms with Crippen LogP contribution in [-0.4, -0.2) is 23.4 Å². The van der Waals surface area contributed by atoms with Crippen LogP contribution in [0, 0.1) is 13.8 Å². The molecule has 0 saturated carbocycles. The van der Waals surface area contributed by atoms with Crippen LogP contribution in [0.2, 0.25) is 0 Å². The van der Waals surface area contributed by atoms with Gasteiger partial charge in [-0.05, 0) is 26.5 Å². The molecule has 1 aromatic carbocycles. The second-order valence-electron chi connectivity index (χ2n) is 4.75. The minimum absolute atomic E-state index is 0.954. The second kappa shape index (κ2) is 5.36. The van der Waals surface area contributed by atoms with Crippen LogP contribution in [0.25, 0.3) is 11.1 Å². The molecule has 0 unspecified atom stereocenters. The predicted octanol–water partition coefficient (Wildman–Crippen LogP) is 2.47. The van der Waals surface area contributed by atoms with Crippen LogP contribution in [-0.2, 0) is 13.5 Å². The van der Waals surface area contributed by atoms with E-state index in [2.05, 4.69) is 48.5 Å². The van der Waals surface area contributed by atoms with Gasteiger partial charge < -0.3 is 5.32 Å². The van der Waals surface area contributed by atoms with Gasteiger partial charge in [0.05, 0.1) is 5.69 Å². The summed E-state index contributed by atoms with van der Waals surface area (Å²) in [4.78, 5) is 0. The Balaban J connectivity index is 2.44. The third-order valence-corrected chi connectivity index (χ3v) is 3.36. The highest BCUT2D eigenvalue weighted by Crippen LogP contribution is 2.27. The molecule has 0 radical (unpaired) electrons. The van der Waals surface area contributed by atoms with Crippen molar-refractivity contribution in [3.05, 3.63) is 41.2 Å². The summed E-state index contributed by atoms with van der Waals surface area (Å²) in [6.45, 7) is 5.20. The van der Waals surface area contributed by atoms with Crippen molar-refractivity contribution in [3.8, 4) is 11.1 Å². The number of likely N-dealkylation sites (N-methyl/N-ethyl adjacent to an activating group) is 1. The van der Waals surface area contributed by atoms with Gasteiger partial charge >= 0.3 is 0 Å². The van der Waals surface area contributed by atoms with Gasteiger partial charge in [0.1, 0.15) is 0 Å². The van der Waals surface area contributed by atoms with Gasteiger partial charge in [0, 0.05) is 31.3 Å². The van der Waals surface area contributed by atoms with Crippen molar-refractivity contribution < 1.29 is 0 Å². The van der Waals surface area contributed by atoms with E-state index >= 15 is 0 Å². The normalized spacial score (nSPS) is 10.9. The number of rotatable bonds is 4. The fourth-order valence-electron chi connectivity index (χ4n) is 2.19. The van der Waals surface area contributed by atoms with Crippen molar-refractivity contribution in [1.82, 2.24) is 15.1 Å². The van der Waals surface area contributed by atoms with E-state index in [1.54, 1.807) is 0 Å². The lowest BCUT2D eigenvalue weighted by molar-refractivity contribution is 0.703. The molecular weight excluding hydrogens is 222 g/mol. The Labute approximate surface area is 109 Å². The molecule has 0 fully saturated rings. The fourth-order valence-corrected chi connectivity index (χ4v) is 2.19. The maximum absolute atomic E-state index is 4.62. The molecule has 0 spiro atoms. The van der Waals surface area contributed by atoms with Crippen molar-refractivity contribution in [2.45, 2.75) is 20.3 Å². The molecule has 2 aromatic rings. The van der Waals surface area contributed by atoms with Gasteiger partial charge in [0.25, 0.3) is 0 Å². The summed E-state index contributed by atoms with van der Waals surface area (Å²) < 4.78 is 1.97. The summed E-state index contributed by atoms with van der Waals surface area (Å²) in [6.07, 6.45) is 0.960. The fraction of sp³-hybridized carbons (Fsp3) is 0.400. The third-order valence-electron chi connectivity index (χ3n) is 3.36. The summed E-state index contributed by atoms with van der Waals surface area (Å²) in [5.41, 5.74) is 6.24. The number of aryl methyl sites for hydroxylation is 2. The molecule has 0 amide bonds. The highest BCUT2D eigenvalue weighted by atomic mass is 15.3. The summed E-state index contributed by atoms with van der Waals surface area (Å²) in [6, 6.07) is 8.68. The minimum atomic E-state index is 0.954. The zero-order chi connectivity index (χ0) is 13.1. The molecule has 0 aliphatic carbocycles. The van der Waals surface area contributed by atoms with Crippen LogP contribution < -0.4 is 5.32 Å². The van der Waals surface area contributed by atoms with Crippen LogP contribution in [0.3, 0.4) is 0 Å². The monoisotopic (exact) mass is 243 g/mol. The van der Waals surface area contributed by atoms with E-state index < -0.39 is 0 Å². The Morgan fingerprint density at radius 3 is 2.44 bits per heavy atom. The maximum atomic E-state index is 4.62. The van der Waals surface area contributed by atoms with E-state index in [1.807, 2.05) is 18.8 Å². The zero-order valence-electron chi connectivity index (χ0n) is 11.6. The smallest absolute Gasteiger partial charge is 0.0718 e. The SMILES string of the molecule is CNCCc1nn(C)c(C)c1-c1ccc(C)cc1. The van der Waals surface area contributed by atoms with Gasteiger partial charge in [0.2, 0.25) is 0 Å². The summed E-state index contributed by atoms with van der Waals surface area (Å²) >= 11 is 0. The molecule has 3 heteroatoms. The molecule has 0 aliphatic heterocycles.